The highest BCUT2D eigenvalue weighted by Crippen LogP contribution is 2.30. The third kappa shape index (κ3) is 2.66. The fraction of sp³-hybridized carbons (Fsp3) is 0.0667. The molecule has 0 radical (unpaired) electrons. The molecule has 0 saturated carbocycles. The number of hydrogen-bond donors (Lipinski definition) is 1. The predicted molar refractivity (Wildman–Crippen MR) is 91.7 cm³/mol. The van der Waals surface area contributed by atoms with Crippen LogP contribution in [-0.2, 0) is 11.2 Å². The van der Waals surface area contributed by atoms with E-state index in [1.165, 1.54) is 34.0 Å². The van der Waals surface area contributed by atoms with E-state index in [-0.39, 0.29) is 11.4 Å². The first kappa shape index (κ1) is 14.2. The first-order chi connectivity index (χ1) is 11.2. The molecule has 2 aliphatic heterocycles. The molecule has 0 saturated heterocycles. The van der Waals surface area contributed by atoms with Gasteiger partial charge in [0.2, 0.25) is 5.17 Å². The second kappa shape index (κ2) is 5.64. The van der Waals surface area contributed by atoms with Gasteiger partial charge in [0, 0.05) is 11.3 Å². The molecule has 0 bridgehead atoms. The number of carbonyl (C=O) groups excluding carboxylic acids is 1. The van der Waals surface area contributed by atoms with E-state index in [4.69, 9.17) is 9.83 Å². The zero-order valence-electron chi connectivity index (χ0n) is 11.7. The lowest BCUT2D eigenvalue weighted by molar-refractivity contribution is -0.114. The van der Waals surface area contributed by atoms with Crippen LogP contribution in [0, 0.1) is 5.41 Å². The van der Waals surface area contributed by atoms with Crippen LogP contribution in [0.5, 0.6) is 0 Å². The number of nitrogens with one attached hydrogen (secondary N) is 1. The molecule has 8 heteroatoms. The van der Waals surface area contributed by atoms with Crippen LogP contribution in [0.15, 0.2) is 56.0 Å². The van der Waals surface area contributed by atoms with Crippen LogP contribution in [0.25, 0.3) is 6.08 Å². The average Bonchev–Trinajstić information content (AvgIpc) is 3.25. The summed E-state index contributed by atoms with van der Waals surface area (Å²) in [5, 5.41) is 17.3. The number of hydrazone groups is 1. The number of amides is 1. The average molecular weight is 342 g/mol. The van der Waals surface area contributed by atoms with Gasteiger partial charge < -0.3 is 4.42 Å². The second-order valence-electron chi connectivity index (χ2n) is 4.79. The first-order valence-electron chi connectivity index (χ1n) is 6.76. The van der Waals surface area contributed by atoms with Crippen molar-refractivity contribution in [2.75, 3.05) is 0 Å². The largest absolute Gasteiger partial charge is 0.465 e. The van der Waals surface area contributed by atoms with Gasteiger partial charge in [-0.2, -0.15) is 15.1 Å². The Labute approximate surface area is 139 Å². The molecule has 0 aromatic carbocycles. The fourth-order valence-corrected chi connectivity index (χ4v) is 3.89. The van der Waals surface area contributed by atoms with Crippen molar-refractivity contribution in [3.05, 3.63) is 52.1 Å². The molecule has 2 aromatic heterocycles. The number of amidine groups is 2. The summed E-state index contributed by atoms with van der Waals surface area (Å²) in [5.41, 5.74) is 0.172. The van der Waals surface area contributed by atoms with Gasteiger partial charge in [0.1, 0.15) is 10.8 Å². The Kier molecular flexibility index (Phi) is 3.47. The maximum Gasteiger partial charge on any atom is 0.283 e. The minimum absolute atomic E-state index is 0.0186. The Bertz CT molecular complexity index is 863. The number of aliphatic imine (C=N–C) groups is 1. The Morgan fingerprint density at radius 2 is 2.26 bits per heavy atom. The van der Waals surface area contributed by atoms with Gasteiger partial charge in [-0.1, -0.05) is 6.07 Å². The molecule has 0 atom stereocenters. The number of rotatable bonds is 3. The molecule has 1 N–H and O–H groups in total. The molecule has 23 heavy (non-hydrogen) atoms. The van der Waals surface area contributed by atoms with Crippen molar-refractivity contribution in [3.8, 4) is 0 Å². The second-order valence-corrected chi connectivity index (χ2v) is 6.86. The van der Waals surface area contributed by atoms with Gasteiger partial charge in [0.25, 0.3) is 5.91 Å². The minimum atomic E-state index is -0.447. The zero-order chi connectivity index (χ0) is 15.8. The molecule has 2 aromatic rings. The maximum absolute atomic E-state index is 12.2. The number of thioether (sulfide) groups is 1. The first-order valence-corrected chi connectivity index (χ1v) is 8.45. The minimum Gasteiger partial charge on any atom is -0.465 e. The van der Waals surface area contributed by atoms with Crippen molar-refractivity contribution in [3.63, 3.8) is 0 Å². The molecule has 0 spiro atoms. The van der Waals surface area contributed by atoms with Crippen molar-refractivity contribution >= 4 is 51.1 Å². The number of furan rings is 1. The highest BCUT2D eigenvalue weighted by atomic mass is 32.2. The Balaban J connectivity index is 1.63. The van der Waals surface area contributed by atoms with Crippen molar-refractivity contribution in [1.82, 2.24) is 5.01 Å². The third-order valence-electron chi connectivity index (χ3n) is 3.23. The summed E-state index contributed by atoms with van der Waals surface area (Å²) in [6.45, 7) is 0. The predicted octanol–water partition coefficient (Wildman–Crippen LogP) is 3.20. The van der Waals surface area contributed by atoms with E-state index in [2.05, 4.69) is 10.1 Å². The lowest BCUT2D eigenvalue weighted by atomic mass is 10.1. The van der Waals surface area contributed by atoms with Gasteiger partial charge in [-0.3, -0.25) is 10.2 Å². The number of carbonyl (C=O) groups is 1. The Hall–Kier alpha value is -2.45. The normalized spacial score (nSPS) is 19.1. The van der Waals surface area contributed by atoms with Crippen LogP contribution in [0.1, 0.15) is 10.6 Å². The highest BCUT2D eigenvalue weighted by molar-refractivity contribution is 8.27. The molecule has 114 valence electrons. The number of fused-ring (bicyclic) bond motifs is 1. The van der Waals surface area contributed by atoms with Crippen LogP contribution in [-0.4, -0.2) is 27.0 Å². The Morgan fingerprint density at radius 1 is 1.35 bits per heavy atom. The summed E-state index contributed by atoms with van der Waals surface area (Å²) in [6.07, 6.45) is 3.71. The van der Waals surface area contributed by atoms with Crippen LogP contribution >= 0.6 is 23.1 Å². The van der Waals surface area contributed by atoms with Crippen molar-refractivity contribution in [2.24, 2.45) is 10.1 Å². The van der Waals surface area contributed by atoms with E-state index in [0.29, 0.717) is 17.3 Å². The summed E-state index contributed by atoms with van der Waals surface area (Å²) >= 11 is 2.98. The van der Waals surface area contributed by atoms with E-state index in [1.54, 1.807) is 23.5 Å². The number of nitrogens with zero attached hydrogens (tertiary/aromatic N) is 3. The zero-order valence-corrected chi connectivity index (χ0v) is 13.4. The van der Waals surface area contributed by atoms with Gasteiger partial charge >= 0.3 is 0 Å². The third-order valence-corrected chi connectivity index (χ3v) is 5.02. The quantitative estimate of drug-likeness (QED) is 0.868. The van der Waals surface area contributed by atoms with Gasteiger partial charge in [-0.25, -0.2) is 0 Å². The summed E-state index contributed by atoms with van der Waals surface area (Å²) in [4.78, 5) is 17.4. The summed E-state index contributed by atoms with van der Waals surface area (Å²) in [6, 6.07) is 7.46. The molecule has 4 heterocycles. The standard InChI is InChI=1S/C15H10N4O2S2/c16-13-11(7-9-3-1-5-21-9)14(20)17-15-19(13)18-12(23-15)8-10-4-2-6-22-10/h1-7,16H,8H2. The summed E-state index contributed by atoms with van der Waals surface area (Å²) in [7, 11) is 0. The van der Waals surface area contributed by atoms with Crippen molar-refractivity contribution < 1.29 is 9.21 Å². The molecule has 0 unspecified atom stereocenters. The van der Waals surface area contributed by atoms with Gasteiger partial charge in [0.05, 0.1) is 11.8 Å². The van der Waals surface area contributed by atoms with Gasteiger partial charge in [-0.05, 0) is 41.4 Å². The van der Waals surface area contributed by atoms with Crippen LogP contribution in [0.2, 0.25) is 0 Å². The van der Waals surface area contributed by atoms with Crippen LogP contribution in [0.3, 0.4) is 0 Å². The topological polar surface area (TPSA) is 82.0 Å². The molecular weight excluding hydrogens is 332 g/mol. The fourth-order valence-electron chi connectivity index (χ4n) is 2.18. The monoisotopic (exact) mass is 342 g/mol. The van der Waals surface area contributed by atoms with E-state index < -0.39 is 5.91 Å². The lowest BCUT2D eigenvalue weighted by Crippen LogP contribution is -2.35. The molecule has 4 rings (SSSR count). The van der Waals surface area contributed by atoms with Crippen molar-refractivity contribution in [2.45, 2.75) is 6.42 Å². The number of thiophene rings is 1. The van der Waals surface area contributed by atoms with Crippen LogP contribution < -0.4 is 0 Å². The smallest absolute Gasteiger partial charge is 0.283 e. The molecule has 1 amide bonds. The van der Waals surface area contributed by atoms with E-state index in [0.717, 1.165) is 5.04 Å². The van der Waals surface area contributed by atoms with E-state index >= 15 is 0 Å². The molecule has 0 fully saturated rings. The molecule has 2 aliphatic rings. The summed E-state index contributed by atoms with van der Waals surface area (Å²) in [5.74, 6) is 0.0780. The SMILES string of the molecule is N=C1C(=Cc2ccco2)C(=O)N=C2SC(Cc3cccs3)=NN12. The van der Waals surface area contributed by atoms with Gasteiger partial charge in [0.15, 0.2) is 5.84 Å². The lowest BCUT2D eigenvalue weighted by Gasteiger charge is -2.19. The van der Waals surface area contributed by atoms with Crippen molar-refractivity contribution in [1.29, 1.82) is 5.41 Å². The number of hydrogen-bond acceptors (Lipinski definition) is 6. The van der Waals surface area contributed by atoms with E-state index in [9.17, 15) is 4.79 Å². The molecular formula is C15H10N4O2S2. The highest BCUT2D eigenvalue weighted by Gasteiger charge is 2.35. The summed E-state index contributed by atoms with van der Waals surface area (Å²) < 4.78 is 5.20. The van der Waals surface area contributed by atoms with Gasteiger partial charge in [-0.15, -0.1) is 11.3 Å². The maximum atomic E-state index is 12.2. The molecule has 6 nitrogen and oxygen atoms in total. The Morgan fingerprint density at radius 3 is 3.00 bits per heavy atom. The van der Waals surface area contributed by atoms with E-state index in [1.807, 2.05) is 17.5 Å². The molecule has 0 aliphatic carbocycles. The van der Waals surface area contributed by atoms with Crippen LogP contribution in [0.4, 0.5) is 0 Å².